The van der Waals surface area contributed by atoms with Gasteiger partial charge in [-0.25, -0.2) is 14.0 Å². The van der Waals surface area contributed by atoms with Crippen LogP contribution in [-0.2, 0) is 0 Å². The predicted octanol–water partition coefficient (Wildman–Crippen LogP) is 2.15. The van der Waals surface area contributed by atoms with Crippen molar-refractivity contribution in [3.63, 3.8) is 0 Å². The molecule has 0 fully saturated rings. The Bertz CT molecular complexity index is 508. The fourth-order valence-corrected chi connectivity index (χ4v) is 1.76. The quantitative estimate of drug-likeness (QED) is 0.673. The number of urea groups is 1. The molecule has 0 aromatic heterocycles. The molecule has 116 valence electrons. The van der Waals surface area contributed by atoms with Gasteiger partial charge < -0.3 is 20.4 Å². The van der Waals surface area contributed by atoms with Crippen LogP contribution in [0.25, 0.3) is 0 Å². The Hall–Kier alpha value is -2.15. The van der Waals surface area contributed by atoms with Crippen LogP contribution in [0.15, 0.2) is 18.2 Å². The van der Waals surface area contributed by atoms with Crippen molar-refractivity contribution in [2.75, 3.05) is 25.5 Å². The van der Waals surface area contributed by atoms with E-state index in [2.05, 4.69) is 5.32 Å². The summed E-state index contributed by atoms with van der Waals surface area (Å²) in [6.45, 7) is 0.574. The topological polar surface area (TPSA) is 89.9 Å². The van der Waals surface area contributed by atoms with Crippen LogP contribution >= 0.6 is 0 Å². The maximum absolute atomic E-state index is 13.2. The maximum Gasteiger partial charge on any atom is 0.337 e. The minimum absolute atomic E-state index is 0.0743. The number of hydrogen-bond donors (Lipinski definition) is 3. The number of unbranched alkanes of at least 4 members (excludes halogenated alkanes) is 2. The van der Waals surface area contributed by atoms with Gasteiger partial charge in [-0.1, -0.05) is 0 Å². The average Bonchev–Trinajstić information content (AvgIpc) is 2.43. The van der Waals surface area contributed by atoms with E-state index in [0.29, 0.717) is 13.0 Å². The highest BCUT2D eigenvalue weighted by Gasteiger charge is 2.15. The molecule has 0 spiro atoms. The molecular formula is C14H19FN2O4. The van der Waals surface area contributed by atoms with Crippen molar-refractivity contribution in [1.29, 1.82) is 0 Å². The van der Waals surface area contributed by atoms with E-state index in [-0.39, 0.29) is 17.9 Å². The number of aliphatic hydroxyl groups excluding tert-OH is 1. The molecule has 1 aromatic carbocycles. The van der Waals surface area contributed by atoms with E-state index < -0.39 is 17.8 Å². The van der Waals surface area contributed by atoms with Gasteiger partial charge in [0.15, 0.2) is 0 Å². The number of nitrogens with zero attached hydrogens (tertiary/aromatic N) is 1. The molecular weight excluding hydrogens is 279 g/mol. The number of carbonyl (C=O) groups excluding carboxylic acids is 1. The van der Waals surface area contributed by atoms with Gasteiger partial charge in [0.05, 0.1) is 11.3 Å². The first kappa shape index (κ1) is 16.9. The first-order valence-electron chi connectivity index (χ1n) is 6.61. The highest BCUT2D eigenvalue weighted by Crippen LogP contribution is 2.17. The molecule has 0 heterocycles. The average molecular weight is 298 g/mol. The summed E-state index contributed by atoms with van der Waals surface area (Å²) in [6, 6.07) is 2.60. The number of nitrogens with one attached hydrogen (secondary N) is 1. The van der Waals surface area contributed by atoms with E-state index >= 15 is 0 Å². The molecule has 1 rings (SSSR count). The van der Waals surface area contributed by atoms with Crippen LogP contribution in [0.5, 0.6) is 0 Å². The van der Waals surface area contributed by atoms with E-state index in [1.807, 2.05) is 0 Å². The van der Waals surface area contributed by atoms with Crippen LogP contribution in [0.2, 0.25) is 0 Å². The standard InChI is InChI=1S/C14H19FN2O4/c1-17(7-3-2-4-8-18)14(21)16-12-9-10(15)5-6-11(12)13(19)20/h5-6,9,18H,2-4,7-8H2,1H3,(H,16,21)(H,19,20). The van der Waals surface area contributed by atoms with Crippen LogP contribution < -0.4 is 5.32 Å². The molecule has 0 atom stereocenters. The van der Waals surface area contributed by atoms with Crippen LogP contribution in [0.4, 0.5) is 14.9 Å². The Kier molecular flexibility index (Phi) is 6.61. The second-order valence-corrected chi connectivity index (χ2v) is 4.63. The molecule has 6 nitrogen and oxygen atoms in total. The van der Waals surface area contributed by atoms with Gasteiger partial charge in [-0.05, 0) is 37.5 Å². The molecule has 21 heavy (non-hydrogen) atoms. The summed E-state index contributed by atoms with van der Waals surface area (Å²) >= 11 is 0. The zero-order chi connectivity index (χ0) is 15.8. The molecule has 0 aliphatic heterocycles. The molecule has 0 saturated carbocycles. The first-order chi connectivity index (χ1) is 9.95. The minimum Gasteiger partial charge on any atom is -0.478 e. The van der Waals surface area contributed by atoms with Crippen molar-refractivity contribution in [3.05, 3.63) is 29.6 Å². The Morgan fingerprint density at radius 3 is 2.62 bits per heavy atom. The number of benzene rings is 1. The number of carboxylic acids is 1. The van der Waals surface area contributed by atoms with Crippen molar-refractivity contribution < 1.29 is 24.2 Å². The first-order valence-corrected chi connectivity index (χ1v) is 6.61. The molecule has 0 radical (unpaired) electrons. The lowest BCUT2D eigenvalue weighted by atomic mass is 10.1. The van der Waals surface area contributed by atoms with Crippen LogP contribution in [0, 0.1) is 5.82 Å². The number of carbonyl (C=O) groups is 2. The fraction of sp³-hybridized carbons (Fsp3) is 0.429. The molecule has 2 amide bonds. The number of rotatable bonds is 7. The molecule has 1 aromatic rings. The van der Waals surface area contributed by atoms with Gasteiger partial charge in [-0.2, -0.15) is 0 Å². The van der Waals surface area contributed by atoms with Crippen LogP contribution in [-0.4, -0.2) is 47.3 Å². The number of anilines is 1. The smallest absolute Gasteiger partial charge is 0.337 e. The number of amides is 2. The van der Waals surface area contributed by atoms with Crippen molar-refractivity contribution >= 4 is 17.7 Å². The van der Waals surface area contributed by atoms with Gasteiger partial charge in [0.2, 0.25) is 0 Å². The van der Waals surface area contributed by atoms with Gasteiger partial charge in [0, 0.05) is 20.2 Å². The lowest BCUT2D eigenvalue weighted by molar-refractivity contribution is 0.0698. The zero-order valence-electron chi connectivity index (χ0n) is 11.8. The number of carboxylic acid groups (broad SMARTS) is 1. The summed E-state index contributed by atoms with van der Waals surface area (Å²) < 4.78 is 13.2. The second kappa shape index (κ2) is 8.21. The monoisotopic (exact) mass is 298 g/mol. The Labute approximate surface area is 122 Å². The highest BCUT2D eigenvalue weighted by atomic mass is 19.1. The lowest BCUT2D eigenvalue weighted by Gasteiger charge is -2.18. The normalized spacial score (nSPS) is 10.2. The van der Waals surface area contributed by atoms with E-state index in [1.54, 1.807) is 7.05 Å². The SMILES string of the molecule is CN(CCCCCO)C(=O)Nc1cc(F)ccc1C(=O)O. The van der Waals surface area contributed by atoms with E-state index in [0.717, 1.165) is 31.0 Å². The molecule has 0 saturated heterocycles. The zero-order valence-corrected chi connectivity index (χ0v) is 11.8. The summed E-state index contributed by atoms with van der Waals surface area (Å²) in [4.78, 5) is 24.3. The third-order valence-electron chi connectivity index (χ3n) is 2.95. The Balaban J connectivity index is 2.65. The summed E-state index contributed by atoms with van der Waals surface area (Å²) in [5.41, 5.74) is -0.242. The number of aliphatic hydroxyl groups is 1. The minimum atomic E-state index is -1.24. The predicted molar refractivity (Wildman–Crippen MR) is 75.9 cm³/mol. The molecule has 3 N–H and O–H groups in total. The van der Waals surface area contributed by atoms with Crippen molar-refractivity contribution in [3.8, 4) is 0 Å². The van der Waals surface area contributed by atoms with Crippen LogP contribution in [0.1, 0.15) is 29.6 Å². The third-order valence-corrected chi connectivity index (χ3v) is 2.95. The lowest BCUT2D eigenvalue weighted by Crippen LogP contribution is -2.32. The largest absolute Gasteiger partial charge is 0.478 e. The highest BCUT2D eigenvalue weighted by molar-refractivity contribution is 5.99. The molecule has 7 heteroatoms. The van der Waals surface area contributed by atoms with Gasteiger partial charge in [0.1, 0.15) is 5.82 Å². The summed E-state index contributed by atoms with van der Waals surface area (Å²) in [6.07, 6.45) is 2.18. The van der Waals surface area contributed by atoms with E-state index in [1.165, 1.54) is 4.90 Å². The Morgan fingerprint density at radius 2 is 2.00 bits per heavy atom. The summed E-state index contributed by atoms with van der Waals surface area (Å²) in [5.74, 6) is -1.86. The molecule has 0 aliphatic rings. The maximum atomic E-state index is 13.2. The molecule has 0 unspecified atom stereocenters. The summed E-state index contributed by atoms with van der Waals surface area (Å²) in [5, 5.41) is 20.0. The molecule has 0 bridgehead atoms. The van der Waals surface area contributed by atoms with E-state index in [9.17, 15) is 14.0 Å². The second-order valence-electron chi connectivity index (χ2n) is 4.63. The van der Waals surface area contributed by atoms with Crippen LogP contribution in [0.3, 0.4) is 0 Å². The van der Waals surface area contributed by atoms with Crippen molar-refractivity contribution in [1.82, 2.24) is 4.90 Å². The number of hydrogen-bond acceptors (Lipinski definition) is 3. The van der Waals surface area contributed by atoms with Gasteiger partial charge in [-0.3, -0.25) is 0 Å². The number of halogens is 1. The van der Waals surface area contributed by atoms with Crippen molar-refractivity contribution in [2.24, 2.45) is 0 Å². The number of aromatic carboxylic acids is 1. The van der Waals surface area contributed by atoms with Crippen molar-refractivity contribution in [2.45, 2.75) is 19.3 Å². The van der Waals surface area contributed by atoms with Gasteiger partial charge in [0.25, 0.3) is 0 Å². The van der Waals surface area contributed by atoms with Gasteiger partial charge >= 0.3 is 12.0 Å². The third kappa shape index (κ3) is 5.39. The summed E-state index contributed by atoms with van der Waals surface area (Å²) in [7, 11) is 1.56. The Morgan fingerprint density at radius 1 is 1.29 bits per heavy atom. The van der Waals surface area contributed by atoms with E-state index in [4.69, 9.17) is 10.2 Å². The molecule has 0 aliphatic carbocycles. The van der Waals surface area contributed by atoms with Gasteiger partial charge in [-0.15, -0.1) is 0 Å². The fourth-order valence-electron chi connectivity index (χ4n) is 1.76.